The van der Waals surface area contributed by atoms with Gasteiger partial charge in [0.05, 0.1) is 18.4 Å². The van der Waals surface area contributed by atoms with E-state index < -0.39 is 11.6 Å². The van der Waals surface area contributed by atoms with Crippen LogP contribution in [0.1, 0.15) is 30.7 Å². The number of benzene rings is 1. The maximum Gasteiger partial charge on any atom is 0.247 e. The molecule has 1 aromatic carbocycles. The van der Waals surface area contributed by atoms with Crippen LogP contribution in [0.3, 0.4) is 0 Å². The van der Waals surface area contributed by atoms with Gasteiger partial charge >= 0.3 is 0 Å². The molecule has 1 aliphatic rings. The number of aromatic nitrogens is 4. The molecule has 0 saturated heterocycles. The van der Waals surface area contributed by atoms with Gasteiger partial charge in [-0.05, 0) is 18.9 Å². The number of hydrogen-bond acceptors (Lipinski definition) is 6. The lowest BCUT2D eigenvalue weighted by atomic mass is 9.99. The predicted octanol–water partition coefficient (Wildman–Crippen LogP) is 3.33. The number of likely N-dealkylation sites (N-methyl/N-ethyl adjacent to an activating group) is 1. The van der Waals surface area contributed by atoms with Crippen LogP contribution in [0.4, 0.5) is 26.2 Å². The number of nitrogens with one attached hydrogen (secondary N) is 2. The van der Waals surface area contributed by atoms with Gasteiger partial charge in [0.25, 0.3) is 0 Å². The molecule has 2 N–H and O–H groups in total. The molecule has 1 unspecified atom stereocenters. The molecule has 168 valence electrons. The van der Waals surface area contributed by atoms with E-state index in [9.17, 15) is 13.6 Å². The van der Waals surface area contributed by atoms with Gasteiger partial charge in [-0.25, -0.2) is 13.8 Å². The van der Waals surface area contributed by atoms with Gasteiger partial charge in [-0.3, -0.25) is 9.48 Å². The summed E-state index contributed by atoms with van der Waals surface area (Å²) in [5, 5.41) is 10.4. The van der Waals surface area contributed by atoms with Crippen molar-refractivity contribution in [2.75, 3.05) is 22.6 Å². The summed E-state index contributed by atoms with van der Waals surface area (Å²) in [5.41, 5.74) is 2.50. The van der Waals surface area contributed by atoms with E-state index in [0.717, 1.165) is 11.6 Å². The highest BCUT2D eigenvalue weighted by Gasteiger charge is 2.35. The van der Waals surface area contributed by atoms with E-state index >= 15 is 0 Å². The molecule has 3 heterocycles. The van der Waals surface area contributed by atoms with Crippen LogP contribution in [0, 0.1) is 24.5 Å². The van der Waals surface area contributed by atoms with Crippen molar-refractivity contribution < 1.29 is 13.6 Å². The number of fused-ring (bicyclic) bond motifs is 1. The summed E-state index contributed by atoms with van der Waals surface area (Å²) >= 11 is 0. The van der Waals surface area contributed by atoms with Crippen molar-refractivity contribution in [3.63, 3.8) is 0 Å². The first-order valence-corrected chi connectivity index (χ1v) is 10.3. The zero-order valence-corrected chi connectivity index (χ0v) is 18.4. The number of hydrogen-bond donors (Lipinski definition) is 2. The van der Waals surface area contributed by atoms with Gasteiger partial charge in [-0.15, -0.1) is 0 Å². The van der Waals surface area contributed by atoms with E-state index in [-0.39, 0.29) is 24.4 Å². The summed E-state index contributed by atoms with van der Waals surface area (Å²) in [4.78, 5) is 23.4. The Morgan fingerprint density at radius 2 is 2.03 bits per heavy atom. The fourth-order valence-corrected chi connectivity index (χ4v) is 3.88. The van der Waals surface area contributed by atoms with Crippen molar-refractivity contribution >= 4 is 23.4 Å². The minimum atomic E-state index is -0.609. The number of carbonyl (C=O) groups is 1. The first-order valence-electron chi connectivity index (χ1n) is 10.3. The van der Waals surface area contributed by atoms with E-state index in [2.05, 4.69) is 25.7 Å². The Labute approximate surface area is 184 Å². The lowest BCUT2D eigenvalue weighted by Gasteiger charge is -2.36. The van der Waals surface area contributed by atoms with E-state index in [4.69, 9.17) is 0 Å². The van der Waals surface area contributed by atoms with E-state index in [1.54, 1.807) is 17.1 Å². The van der Waals surface area contributed by atoms with Crippen molar-refractivity contribution in [1.82, 2.24) is 19.7 Å². The second-order valence-corrected chi connectivity index (χ2v) is 8.26. The van der Waals surface area contributed by atoms with Gasteiger partial charge in [0.2, 0.25) is 11.9 Å². The molecule has 0 bridgehead atoms. The lowest BCUT2D eigenvalue weighted by molar-refractivity contribution is -0.118. The molecule has 10 heteroatoms. The van der Waals surface area contributed by atoms with Gasteiger partial charge in [0, 0.05) is 37.0 Å². The summed E-state index contributed by atoms with van der Waals surface area (Å²) in [7, 11) is 1.86. The van der Waals surface area contributed by atoms with Crippen LogP contribution in [0.25, 0.3) is 0 Å². The molecule has 3 aromatic rings. The van der Waals surface area contributed by atoms with Crippen LogP contribution in [0.2, 0.25) is 0 Å². The zero-order valence-electron chi connectivity index (χ0n) is 18.4. The topological polar surface area (TPSA) is 88.0 Å². The minimum absolute atomic E-state index is 0.0626. The standard InChI is InChI=1S/C22H25F2N7O/c1-12(2)19-21(32)28-18-13(3)27-22(29-20(18)30(19)4)25-8-14-9-26-31(10-14)11-15-5-6-16(23)7-17(15)24/h5-7,9-10,12,19H,8,11H2,1-4H3,(H,28,32)(H,25,27,29). The number of nitrogens with zero attached hydrogens (tertiary/aromatic N) is 5. The maximum atomic E-state index is 13.9. The summed E-state index contributed by atoms with van der Waals surface area (Å²) in [5.74, 6) is -0.0511. The number of rotatable bonds is 6. The Bertz CT molecular complexity index is 1160. The Hall–Kier alpha value is -3.56. The van der Waals surface area contributed by atoms with E-state index in [1.807, 2.05) is 32.7 Å². The third-order valence-corrected chi connectivity index (χ3v) is 5.46. The molecule has 0 fully saturated rings. The first-order chi connectivity index (χ1) is 15.2. The SMILES string of the molecule is Cc1nc(NCc2cnn(Cc3ccc(F)cc3F)c2)nc2c1NC(=O)C(C(C)C)N2C. The monoisotopic (exact) mass is 441 g/mol. The molecule has 32 heavy (non-hydrogen) atoms. The minimum Gasteiger partial charge on any atom is -0.350 e. The van der Waals surface area contributed by atoms with E-state index in [1.165, 1.54) is 12.1 Å². The number of carbonyl (C=O) groups excluding carboxylic acids is 1. The van der Waals surface area contributed by atoms with E-state index in [0.29, 0.717) is 35.3 Å². The van der Waals surface area contributed by atoms with Gasteiger partial charge in [0.15, 0.2) is 5.82 Å². The second-order valence-electron chi connectivity index (χ2n) is 8.26. The van der Waals surface area contributed by atoms with Gasteiger partial charge in [-0.1, -0.05) is 19.9 Å². The molecule has 1 aliphatic heterocycles. The largest absolute Gasteiger partial charge is 0.350 e. The van der Waals surface area contributed by atoms with Crippen molar-refractivity contribution in [3.05, 3.63) is 59.0 Å². The van der Waals surface area contributed by atoms with Crippen LogP contribution >= 0.6 is 0 Å². The Balaban J connectivity index is 1.47. The first kappa shape index (κ1) is 21.7. The second kappa shape index (κ2) is 8.52. The molecular weight excluding hydrogens is 416 g/mol. The van der Waals surface area contributed by atoms with Crippen LogP contribution < -0.4 is 15.5 Å². The quantitative estimate of drug-likeness (QED) is 0.610. The molecule has 0 radical (unpaired) electrons. The zero-order chi connectivity index (χ0) is 23.0. The molecule has 4 rings (SSSR count). The highest BCUT2D eigenvalue weighted by atomic mass is 19.1. The van der Waals surface area contributed by atoms with Crippen LogP contribution in [-0.4, -0.2) is 38.7 Å². The Morgan fingerprint density at radius 3 is 2.75 bits per heavy atom. The summed E-state index contributed by atoms with van der Waals surface area (Å²) in [6, 6.07) is 3.19. The third kappa shape index (κ3) is 4.25. The Kier molecular flexibility index (Phi) is 5.77. The fraction of sp³-hybridized carbons (Fsp3) is 0.364. The summed E-state index contributed by atoms with van der Waals surface area (Å²) in [6.07, 6.45) is 3.45. The van der Waals surface area contributed by atoms with Gasteiger partial charge in [0.1, 0.15) is 23.4 Å². The van der Waals surface area contributed by atoms with Crippen molar-refractivity contribution in [1.29, 1.82) is 0 Å². The molecule has 0 saturated carbocycles. The number of aryl methyl sites for hydroxylation is 1. The normalized spacial score (nSPS) is 15.7. The molecule has 2 aromatic heterocycles. The van der Waals surface area contributed by atoms with Gasteiger partial charge < -0.3 is 15.5 Å². The van der Waals surface area contributed by atoms with Crippen LogP contribution in [0.5, 0.6) is 0 Å². The highest BCUT2D eigenvalue weighted by Crippen LogP contribution is 2.34. The van der Waals surface area contributed by atoms with Crippen LogP contribution in [-0.2, 0) is 17.9 Å². The Morgan fingerprint density at radius 1 is 1.25 bits per heavy atom. The number of amides is 1. The van der Waals surface area contributed by atoms with Crippen molar-refractivity contribution in [2.45, 2.75) is 39.9 Å². The number of halogens is 2. The lowest BCUT2D eigenvalue weighted by Crippen LogP contribution is -2.49. The molecule has 8 nitrogen and oxygen atoms in total. The smallest absolute Gasteiger partial charge is 0.247 e. The number of anilines is 3. The summed E-state index contributed by atoms with van der Waals surface area (Å²) < 4.78 is 28.6. The molecule has 1 atom stereocenters. The van der Waals surface area contributed by atoms with Crippen molar-refractivity contribution in [2.24, 2.45) is 5.92 Å². The highest BCUT2D eigenvalue weighted by molar-refractivity contribution is 6.03. The summed E-state index contributed by atoms with van der Waals surface area (Å²) in [6.45, 7) is 6.42. The molecular formula is C22H25F2N7O. The molecule has 0 aliphatic carbocycles. The predicted molar refractivity (Wildman–Crippen MR) is 117 cm³/mol. The average Bonchev–Trinajstić information content (AvgIpc) is 3.17. The fourth-order valence-electron chi connectivity index (χ4n) is 3.88. The van der Waals surface area contributed by atoms with Crippen LogP contribution in [0.15, 0.2) is 30.6 Å². The maximum absolute atomic E-state index is 13.9. The third-order valence-electron chi connectivity index (χ3n) is 5.46. The molecule has 1 amide bonds. The van der Waals surface area contributed by atoms with Crippen molar-refractivity contribution in [3.8, 4) is 0 Å². The van der Waals surface area contributed by atoms with Gasteiger partial charge in [-0.2, -0.15) is 10.1 Å². The molecule has 0 spiro atoms. The average molecular weight is 441 g/mol.